The van der Waals surface area contributed by atoms with Gasteiger partial charge in [0.05, 0.1) is 6.20 Å². The van der Waals surface area contributed by atoms with Crippen LogP contribution in [-0.4, -0.2) is 35.1 Å². The van der Waals surface area contributed by atoms with Crippen LogP contribution >= 0.6 is 0 Å². The van der Waals surface area contributed by atoms with Crippen LogP contribution < -0.4 is 4.90 Å². The Morgan fingerprint density at radius 2 is 1.66 bits per heavy atom. The summed E-state index contributed by atoms with van der Waals surface area (Å²) >= 11 is 0. The lowest BCUT2D eigenvalue weighted by Crippen LogP contribution is -3.12. The molecule has 0 spiro atoms. The second-order valence-electron chi connectivity index (χ2n) is 8.14. The van der Waals surface area contributed by atoms with Crippen molar-refractivity contribution in [3.8, 4) is 0 Å². The fraction of sp³-hybridized carbons (Fsp3) is 0.292. The minimum absolute atomic E-state index is 0.0346. The molecule has 3 heterocycles. The highest BCUT2D eigenvalue weighted by molar-refractivity contribution is 6.08. The van der Waals surface area contributed by atoms with Gasteiger partial charge in [0.2, 0.25) is 11.8 Å². The molecule has 0 radical (unpaired) electrons. The maximum absolute atomic E-state index is 13.4. The van der Waals surface area contributed by atoms with Crippen LogP contribution in [0.3, 0.4) is 0 Å². The standard InChI is InChI=1S/C24H22N2O3/c1-15(27)21-19-20(22-18-10-6-5-9-17(18)12-14-25(21)22)24(29)26(23(19)28)13-11-16-7-3-2-4-8-16/h2-10,12,14,19-22H,11,13H2,1H3/p+1/t19-,20+,21+,22+/m1/s1. The number of ketones is 1. The summed E-state index contributed by atoms with van der Waals surface area (Å²) in [5.74, 6) is -1.41. The van der Waals surface area contributed by atoms with E-state index in [1.807, 2.05) is 66.9 Å². The smallest absolute Gasteiger partial charge is 0.239 e. The average Bonchev–Trinajstić information content (AvgIpc) is 3.21. The second-order valence-corrected chi connectivity index (χ2v) is 8.14. The van der Waals surface area contributed by atoms with Gasteiger partial charge in [0, 0.05) is 19.0 Å². The van der Waals surface area contributed by atoms with Gasteiger partial charge in [-0.2, -0.15) is 0 Å². The van der Waals surface area contributed by atoms with Crippen LogP contribution in [0.15, 0.2) is 60.8 Å². The third-order valence-corrected chi connectivity index (χ3v) is 6.62. The first-order chi connectivity index (χ1) is 14.1. The minimum atomic E-state index is -0.577. The van der Waals surface area contributed by atoms with Crippen molar-refractivity contribution in [3.05, 3.63) is 77.5 Å². The van der Waals surface area contributed by atoms with Crippen LogP contribution in [-0.2, 0) is 20.8 Å². The van der Waals surface area contributed by atoms with Crippen molar-refractivity contribution < 1.29 is 19.3 Å². The molecule has 146 valence electrons. The van der Waals surface area contributed by atoms with Crippen molar-refractivity contribution in [1.29, 1.82) is 0 Å². The number of carbonyl (C=O) groups is 3. The van der Waals surface area contributed by atoms with E-state index in [4.69, 9.17) is 0 Å². The Bertz CT molecular complexity index is 1030. The van der Waals surface area contributed by atoms with Crippen LogP contribution in [0.4, 0.5) is 0 Å². The summed E-state index contributed by atoms with van der Waals surface area (Å²) in [7, 11) is 0. The third kappa shape index (κ3) is 2.69. The van der Waals surface area contributed by atoms with Gasteiger partial charge < -0.3 is 0 Å². The molecule has 0 saturated carbocycles. The van der Waals surface area contributed by atoms with Gasteiger partial charge in [-0.3, -0.25) is 24.2 Å². The predicted molar refractivity (Wildman–Crippen MR) is 107 cm³/mol. The summed E-state index contributed by atoms with van der Waals surface area (Å²) in [5.41, 5.74) is 3.20. The quantitative estimate of drug-likeness (QED) is 0.807. The van der Waals surface area contributed by atoms with Gasteiger partial charge in [0.1, 0.15) is 17.9 Å². The van der Waals surface area contributed by atoms with Crippen molar-refractivity contribution in [1.82, 2.24) is 4.90 Å². The number of nitrogens with one attached hydrogen (secondary N) is 1. The first-order valence-corrected chi connectivity index (χ1v) is 10.1. The molecule has 2 amide bonds. The van der Waals surface area contributed by atoms with E-state index in [2.05, 4.69) is 0 Å². The van der Waals surface area contributed by atoms with Crippen LogP contribution in [0.1, 0.15) is 29.7 Å². The van der Waals surface area contributed by atoms with E-state index in [-0.39, 0.29) is 23.6 Å². The summed E-state index contributed by atoms with van der Waals surface area (Å²) in [6, 6.07) is 17.1. The van der Waals surface area contributed by atoms with E-state index in [1.54, 1.807) is 0 Å². The van der Waals surface area contributed by atoms with Crippen LogP contribution in [0.5, 0.6) is 0 Å². The molecule has 2 aromatic carbocycles. The first kappa shape index (κ1) is 18.0. The molecular weight excluding hydrogens is 364 g/mol. The molecule has 1 N–H and O–H groups in total. The van der Waals surface area contributed by atoms with E-state index >= 15 is 0 Å². The number of fused-ring (bicyclic) bond motifs is 5. The van der Waals surface area contributed by atoms with E-state index in [1.165, 1.54) is 11.8 Å². The first-order valence-electron chi connectivity index (χ1n) is 10.1. The van der Waals surface area contributed by atoms with Crippen LogP contribution in [0, 0.1) is 11.8 Å². The number of amides is 2. The summed E-state index contributed by atoms with van der Waals surface area (Å²) in [6.45, 7) is 1.90. The number of nitrogens with zero attached hydrogens (tertiary/aromatic N) is 1. The minimum Gasteiger partial charge on any atom is -0.293 e. The Balaban J connectivity index is 1.50. The fourth-order valence-corrected chi connectivity index (χ4v) is 5.39. The molecule has 2 fully saturated rings. The molecule has 5 nitrogen and oxygen atoms in total. The monoisotopic (exact) mass is 387 g/mol. The molecule has 3 aliphatic heterocycles. The molecule has 29 heavy (non-hydrogen) atoms. The SMILES string of the molecule is CC(=O)[C@H]1[C@@H]2C(=O)N(CCc3ccccc3)C(=O)[C@@H]2[C@@H]2c3ccccc3C=C[NH+]12. The van der Waals surface area contributed by atoms with E-state index in [9.17, 15) is 14.4 Å². The van der Waals surface area contributed by atoms with Gasteiger partial charge in [-0.15, -0.1) is 0 Å². The van der Waals surface area contributed by atoms with Crippen molar-refractivity contribution >= 4 is 23.7 Å². The summed E-state index contributed by atoms with van der Waals surface area (Å²) in [6.07, 6.45) is 4.59. The fourth-order valence-electron chi connectivity index (χ4n) is 5.39. The maximum Gasteiger partial charge on any atom is 0.239 e. The van der Waals surface area contributed by atoms with Crippen LogP contribution in [0.2, 0.25) is 0 Å². The van der Waals surface area contributed by atoms with Crippen molar-refractivity contribution in [2.24, 2.45) is 11.8 Å². The number of hydrogen-bond acceptors (Lipinski definition) is 3. The topological polar surface area (TPSA) is 58.9 Å². The van der Waals surface area contributed by atoms with E-state index < -0.39 is 17.9 Å². The number of imide groups is 1. The number of hydrogen-bond donors (Lipinski definition) is 1. The molecule has 1 unspecified atom stereocenters. The molecule has 0 bridgehead atoms. The third-order valence-electron chi connectivity index (χ3n) is 6.62. The lowest BCUT2D eigenvalue weighted by atomic mass is 9.84. The second kappa shape index (κ2) is 6.78. The molecule has 3 aliphatic rings. The number of benzene rings is 2. The highest BCUT2D eigenvalue weighted by atomic mass is 16.2. The highest BCUT2D eigenvalue weighted by Crippen LogP contribution is 2.43. The molecule has 5 heteroatoms. The van der Waals surface area contributed by atoms with Gasteiger partial charge in [-0.25, -0.2) is 0 Å². The van der Waals surface area contributed by atoms with Gasteiger partial charge in [0.15, 0.2) is 11.8 Å². The van der Waals surface area contributed by atoms with E-state index in [0.717, 1.165) is 21.6 Å². The normalized spacial score (nSPS) is 29.6. The largest absolute Gasteiger partial charge is 0.293 e. The lowest BCUT2D eigenvalue weighted by molar-refractivity contribution is -0.884. The Hall–Kier alpha value is -3.05. The van der Waals surface area contributed by atoms with Crippen molar-refractivity contribution in [2.45, 2.75) is 25.4 Å². The number of likely N-dealkylation sites (tertiary alicyclic amines) is 1. The zero-order valence-corrected chi connectivity index (χ0v) is 16.2. The number of Topliss-reactive ketones (excluding diaryl/α,β-unsaturated/α-hetero) is 1. The molecular formula is C24H23N2O3+. The summed E-state index contributed by atoms with van der Waals surface area (Å²) in [5, 5.41) is 0. The molecule has 0 aromatic heterocycles. The molecule has 0 aliphatic carbocycles. The maximum atomic E-state index is 13.4. The van der Waals surface area contributed by atoms with Crippen LogP contribution in [0.25, 0.3) is 6.08 Å². The Morgan fingerprint density at radius 1 is 0.966 bits per heavy atom. The zero-order chi connectivity index (χ0) is 20.1. The van der Waals surface area contributed by atoms with Gasteiger partial charge in [0.25, 0.3) is 0 Å². The molecule has 5 rings (SSSR count). The summed E-state index contributed by atoms with van der Waals surface area (Å²) < 4.78 is 0. The zero-order valence-electron chi connectivity index (χ0n) is 16.2. The van der Waals surface area contributed by atoms with Crippen molar-refractivity contribution in [3.63, 3.8) is 0 Å². The molecule has 5 atom stereocenters. The molecule has 2 saturated heterocycles. The van der Waals surface area contributed by atoms with Gasteiger partial charge in [-0.1, -0.05) is 54.6 Å². The van der Waals surface area contributed by atoms with Gasteiger partial charge >= 0.3 is 0 Å². The lowest BCUT2D eigenvalue weighted by Gasteiger charge is -2.30. The summed E-state index contributed by atoms with van der Waals surface area (Å²) in [4.78, 5) is 41.6. The van der Waals surface area contributed by atoms with Gasteiger partial charge in [-0.05, 0) is 23.6 Å². The molecule has 2 aromatic rings. The Labute approximate surface area is 169 Å². The highest BCUT2D eigenvalue weighted by Gasteiger charge is 2.67. The van der Waals surface area contributed by atoms with E-state index in [0.29, 0.717) is 13.0 Å². The Kier molecular flexibility index (Phi) is 4.21. The number of rotatable bonds is 4. The number of carbonyl (C=O) groups excluding carboxylic acids is 3. The average molecular weight is 387 g/mol. The Morgan fingerprint density at radius 3 is 2.41 bits per heavy atom. The number of quaternary nitrogens is 1. The van der Waals surface area contributed by atoms with Crippen molar-refractivity contribution in [2.75, 3.05) is 6.54 Å². The predicted octanol–water partition coefficient (Wildman–Crippen LogP) is 1.41.